The highest BCUT2D eigenvalue weighted by molar-refractivity contribution is 14.0. The van der Waals surface area contributed by atoms with Crippen molar-refractivity contribution in [1.29, 1.82) is 0 Å². The van der Waals surface area contributed by atoms with Crippen LogP contribution in [0.25, 0.3) is 0 Å². The first-order valence-electron chi connectivity index (χ1n) is 11.3. The molecule has 0 aliphatic carbocycles. The summed E-state index contributed by atoms with van der Waals surface area (Å²) in [5.41, 5.74) is 1.35. The molecule has 4 saturated heterocycles. The van der Waals surface area contributed by atoms with Gasteiger partial charge >= 0.3 is 0 Å². The Kier molecular flexibility index (Phi) is 7.09. The Morgan fingerprint density at radius 2 is 1.77 bits per heavy atom. The van der Waals surface area contributed by atoms with Crippen molar-refractivity contribution in [2.45, 2.75) is 43.9 Å². The third-order valence-electron chi connectivity index (χ3n) is 7.50. The SMILES string of the molecule is CN=C(NCC(c1ccc(OC)cc1)N1CCCC1)N1CC2C3CCC(O3)C2C1.I. The summed E-state index contributed by atoms with van der Waals surface area (Å²) in [6.07, 6.45) is 6.06. The van der Waals surface area contributed by atoms with E-state index in [0.717, 1.165) is 31.3 Å². The third kappa shape index (κ3) is 4.17. The molecule has 5 atom stereocenters. The van der Waals surface area contributed by atoms with Crippen molar-refractivity contribution >= 4 is 29.9 Å². The lowest BCUT2D eigenvalue weighted by atomic mass is 9.82. The fourth-order valence-electron chi connectivity index (χ4n) is 5.99. The molecule has 2 bridgehead atoms. The van der Waals surface area contributed by atoms with Crippen LogP contribution in [0, 0.1) is 11.8 Å². The average molecular weight is 526 g/mol. The fourth-order valence-corrected chi connectivity index (χ4v) is 5.99. The molecular formula is C23H35IN4O2. The molecule has 1 N–H and O–H groups in total. The van der Waals surface area contributed by atoms with E-state index in [1.54, 1.807) is 7.11 Å². The molecule has 0 amide bonds. The van der Waals surface area contributed by atoms with Crippen LogP contribution in [0.5, 0.6) is 5.75 Å². The van der Waals surface area contributed by atoms with Gasteiger partial charge in [0.1, 0.15) is 5.75 Å². The number of aliphatic imine (C=N–C) groups is 1. The fraction of sp³-hybridized carbons (Fsp3) is 0.696. The first kappa shape index (κ1) is 22.1. The van der Waals surface area contributed by atoms with Crippen molar-refractivity contribution < 1.29 is 9.47 Å². The third-order valence-corrected chi connectivity index (χ3v) is 7.50. The smallest absolute Gasteiger partial charge is 0.193 e. The molecule has 1 aromatic carbocycles. The van der Waals surface area contributed by atoms with E-state index in [4.69, 9.17) is 9.47 Å². The van der Waals surface area contributed by atoms with Gasteiger partial charge in [-0.15, -0.1) is 24.0 Å². The van der Waals surface area contributed by atoms with Crippen molar-refractivity contribution in [3.8, 4) is 5.75 Å². The number of rotatable bonds is 5. The molecule has 0 radical (unpaired) electrons. The van der Waals surface area contributed by atoms with Gasteiger partial charge in [0.25, 0.3) is 0 Å². The molecule has 5 rings (SSSR count). The molecule has 4 heterocycles. The number of nitrogens with one attached hydrogen (secondary N) is 1. The lowest BCUT2D eigenvalue weighted by Crippen LogP contribution is -2.45. The van der Waals surface area contributed by atoms with E-state index in [9.17, 15) is 0 Å². The number of fused-ring (bicyclic) bond motifs is 5. The number of hydrogen-bond donors (Lipinski definition) is 1. The van der Waals surface area contributed by atoms with Gasteiger partial charge in [-0.05, 0) is 56.5 Å². The first-order valence-corrected chi connectivity index (χ1v) is 11.3. The molecule has 5 unspecified atom stereocenters. The molecule has 4 aliphatic rings. The van der Waals surface area contributed by atoms with Crippen LogP contribution in [-0.4, -0.2) is 74.8 Å². The number of hydrogen-bond acceptors (Lipinski definition) is 4. The van der Waals surface area contributed by atoms with Crippen LogP contribution < -0.4 is 10.1 Å². The number of methoxy groups -OCH3 is 1. The molecule has 0 spiro atoms. The Balaban J connectivity index is 0.00000218. The molecule has 4 fully saturated rings. The minimum Gasteiger partial charge on any atom is -0.497 e. The van der Waals surface area contributed by atoms with Gasteiger partial charge in [0.15, 0.2) is 5.96 Å². The minimum absolute atomic E-state index is 0. The molecule has 0 aromatic heterocycles. The highest BCUT2D eigenvalue weighted by atomic mass is 127. The number of nitrogens with zero attached hydrogens (tertiary/aromatic N) is 3. The number of benzene rings is 1. The number of likely N-dealkylation sites (tertiary alicyclic amines) is 2. The largest absolute Gasteiger partial charge is 0.497 e. The van der Waals surface area contributed by atoms with Gasteiger partial charge in [-0.3, -0.25) is 9.89 Å². The highest BCUT2D eigenvalue weighted by Gasteiger charge is 2.53. The lowest BCUT2D eigenvalue weighted by Gasteiger charge is -2.31. The van der Waals surface area contributed by atoms with Crippen molar-refractivity contribution in [2.24, 2.45) is 16.8 Å². The molecule has 7 heteroatoms. The van der Waals surface area contributed by atoms with E-state index < -0.39 is 0 Å². The summed E-state index contributed by atoms with van der Waals surface area (Å²) in [5.74, 6) is 3.36. The number of ether oxygens (including phenoxy) is 2. The van der Waals surface area contributed by atoms with Crippen molar-refractivity contribution in [1.82, 2.24) is 15.1 Å². The van der Waals surface area contributed by atoms with Gasteiger partial charge in [0, 0.05) is 38.5 Å². The second-order valence-electron chi connectivity index (χ2n) is 8.98. The summed E-state index contributed by atoms with van der Waals surface area (Å²) in [6, 6.07) is 8.93. The maximum Gasteiger partial charge on any atom is 0.193 e. The van der Waals surface area contributed by atoms with E-state index in [-0.39, 0.29) is 24.0 Å². The summed E-state index contributed by atoms with van der Waals surface area (Å²) in [6.45, 7) is 5.40. The predicted octanol–water partition coefficient (Wildman–Crippen LogP) is 3.13. The van der Waals surface area contributed by atoms with Crippen LogP contribution in [0.4, 0.5) is 0 Å². The van der Waals surface area contributed by atoms with Crippen LogP contribution in [-0.2, 0) is 4.74 Å². The minimum atomic E-state index is 0. The topological polar surface area (TPSA) is 49.3 Å². The van der Waals surface area contributed by atoms with Gasteiger partial charge in [0.05, 0.1) is 25.4 Å². The Bertz CT molecular complexity index is 719. The monoisotopic (exact) mass is 526 g/mol. The Hall–Kier alpha value is -1.06. The zero-order valence-electron chi connectivity index (χ0n) is 18.1. The van der Waals surface area contributed by atoms with E-state index in [2.05, 4.69) is 44.4 Å². The predicted molar refractivity (Wildman–Crippen MR) is 130 cm³/mol. The van der Waals surface area contributed by atoms with Crippen molar-refractivity contribution in [3.63, 3.8) is 0 Å². The van der Waals surface area contributed by atoms with Crippen molar-refractivity contribution in [2.75, 3.05) is 46.9 Å². The van der Waals surface area contributed by atoms with Gasteiger partial charge in [-0.25, -0.2) is 0 Å². The molecule has 30 heavy (non-hydrogen) atoms. The van der Waals surface area contributed by atoms with Gasteiger partial charge in [0.2, 0.25) is 0 Å². The second kappa shape index (κ2) is 9.61. The second-order valence-corrected chi connectivity index (χ2v) is 8.98. The highest BCUT2D eigenvalue weighted by Crippen LogP contribution is 2.47. The van der Waals surface area contributed by atoms with Gasteiger partial charge in [-0.1, -0.05) is 12.1 Å². The average Bonchev–Trinajstić information content (AvgIpc) is 3.54. The number of halogens is 1. The zero-order chi connectivity index (χ0) is 19.8. The van der Waals surface area contributed by atoms with Crippen LogP contribution in [0.2, 0.25) is 0 Å². The van der Waals surface area contributed by atoms with Crippen LogP contribution in [0.15, 0.2) is 29.3 Å². The Labute approximate surface area is 197 Å². The Morgan fingerprint density at radius 1 is 1.13 bits per heavy atom. The quantitative estimate of drug-likeness (QED) is 0.363. The summed E-state index contributed by atoms with van der Waals surface area (Å²) in [5, 5.41) is 3.72. The van der Waals surface area contributed by atoms with Crippen molar-refractivity contribution in [3.05, 3.63) is 29.8 Å². The van der Waals surface area contributed by atoms with E-state index in [0.29, 0.717) is 30.1 Å². The van der Waals surface area contributed by atoms with E-state index in [1.165, 1.54) is 44.3 Å². The standard InChI is InChI=1S/C23H34N4O2.HI/c1-24-23(27-14-18-19(15-27)22-10-9-21(18)29-22)25-13-20(26-11-3-4-12-26)16-5-7-17(28-2)8-6-16;/h5-8,18-22H,3-4,9-15H2,1-2H3,(H,24,25);1H. The maximum absolute atomic E-state index is 6.14. The molecule has 1 aromatic rings. The summed E-state index contributed by atoms with van der Waals surface area (Å²) < 4.78 is 11.5. The van der Waals surface area contributed by atoms with Gasteiger partial charge < -0.3 is 19.7 Å². The molecule has 166 valence electrons. The van der Waals surface area contributed by atoms with E-state index >= 15 is 0 Å². The summed E-state index contributed by atoms with van der Waals surface area (Å²) in [7, 11) is 3.64. The molecule has 6 nitrogen and oxygen atoms in total. The summed E-state index contributed by atoms with van der Waals surface area (Å²) in [4.78, 5) is 9.72. The number of guanidine groups is 1. The Morgan fingerprint density at radius 3 is 2.33 bits per heavy atom. The van der Waals surface area contributed by atoms with Gasteiger partial charge in [-0.2, -0.15) is 0 Å². The molecular weight excluding hydrogens is 491 g/mol. The van der Waals surface area contributed by atoms with Crippen LogP contribution >= 0.6 is 24.0 Å². The van der Waals surface area contributed by atoms with Crippen LogP contribution in [0.3, 0.4) is 0 Å². The maximum atomic E-state index is 6.14. The molecule has 0 saturated carbocycles. The normalized spacial score (nSPS) is 31.5. The zero-order valence-corrected chi connectivity index (χ0v) is 20.5. The first-order chi connectivity index (χ1) is 14.3. The summed E-state index contributed by atoms with van der Waals surface area (Å²) >= 11 is 0. The van der Waals surface area contributed by atoms with Crippen LogP contribution in [0.1, 0.15) is 37.3 Å². The molecule has 4 aliphatic heterocycles. The van der Waals surface area contributed by atoms with E-state index in [1.807, 2.05) is 7.05 Å². The lowest BCUT2D eigenvalue weighted by molar-refractivity contribution is 0.0766.